The summed E-state index contributed by atoms with van der Waals surface area (Å²) in [7, 11) is 0. The molecule has 8 heteroatoms. The Morgan fingerprint density at radius 3 is 2.57 bits per heavy atom. The van der Waals surface area contributed by atoms with Crippen LogP contribution in [0, 0.1) is 0 Å². The van der Waals surface area contributed by atoms with Crippen LogP contribution in [0.25, 0.3) is 11.0 Å². The number of furan rings is 1. The van der Waals surface area contributed by atoms with Crippen molar-refractivity contribution in [2.45, 2.75) is 6.04 Å². The summed E-state index contributed by atoms with van der Waals surface area (Å²) in [6, 6.07) is 15.3. The van der Waals surface area contributed by atoms with Gasteiger partial charge in [0.25, 0.3) is 11.8 Å². The summed E-state index contributed by atoms with van der Waals surface area (Å²) >= 11 is 1.59. The van der Waals surface area contributed by atoms with E-state index in [0.717, 1.165) is 5.39 Å². The minimum absolute atomic E-state index is 0.226. The van der Waals surface area contributed by atoms with Gasteiger partial charge in [-0.15, -0.1) is 0 Å². The largest absolute Gasteiger partial charge is 0.491 e. The topological polar surface area (TPSA) is 101 Å². The molecule has 0 aliphatic carbocycles. The Labute approximate surface area is 166 Å². The molecule has 28 heavy (non-hydrogen) atoms. The lowest BCUT2D eigenvalue weighted by Gasteiger charge is -2.18. The summed E-state index contributed by atoms with van der Waals surface area (Å²) < 4.78 is 11.3. The first-order valence-electron chi connectivity index (χ1n) is 8.56. The third kappa shape index (κ3) is 4.85. The molecule has 1 unspecified atom stereocenters. The van der Waals surface area contributed by atoms with Crippen LogP contribution in [-0.4, -0.2) is 41.7 Å². The second kappa shape index (κ2) is 9.29. The van der Waals surface area contributed by atoms with Gasteiger partial charge in [0.1, 0.15) is 17.9 Å². The van der Waals surface area contributed by atoms with Crippen LogP contribution in [-0.2, 0) is 0 Å². The molecular weight excluding hydrogens is 380 g/mol. The third-order valence-corrected chi connectivity index (χ3v) is 4.76. The summed E-state index contributed by atoms with van der Waals surface area (Å²) in [5.74, 6) is 0.584. The lowest BCUT2D eigenvalue weighted by Crippen LogP contribution is -2.40. The van der Waals surface area contributed by atoms with Crippen molar-refractivity contribution in [3.8, 4) is 5.75 Å². The first kappa shape index (κ1) is 19.8. The van der Waals surface area contributed by atoms with E-state index in [9.17, 15) is 9.59 Å². The predicted molar refractivity (Wildman–Crippen MR) is 107 cm³/mol. The number of carbonyl (C=O) groups excluding carboxylic acids is 2. The third-order valence-electron chi connectivity index (χ3n) is 4.02. The second-order valence-corrected chi connectivity index (χ2v) is 6.96. The van der Waals surface area contributed by atoms with Gasteiger partial charge in [-0.3, -0.25) is 14.8 Å². The van der Waals surface area contributed by atoms with E-state index < -0.39 is 5.91 Å². The van der Waals surface area contributed by atoms with Gasteiger partial charge in [-0.25, -0.2) is 5.48 Å². The van der Waals surface area contributed by atoms with Gasteiger partial charge < -0.3 is 14.5 Å². The number of amides is 2. The maximum absolute atomic E-state index is 12.5. The van der Waals surface area contributed by atoms with Gasteiger partial charge in [0.15, 0.2) is 5.76 Å². The summed E-state index contributed by atoms with van der Waals surface area (Å²) in [4.78, 5) is 23.9. The lowest BCUT2D eigenvalue weighted by molar-refractivity contribution is 0.0706. The molecule has 1 aromatic heterocycles. The molecule has 0 saturated carbocycles. The van der Waals surface area contributed by atoms with Gasteiger partial charge in [-0.05, 0) is 42.7 Å². The smallest absolute Gasteiger partial charge is 0.287 e. The fourth-order valence-corrected chi connectivity index (χ4v) is 3.23. The summed E-state index contributed by atoms with van der Waals surface area (Å²) in [5.41, 5.74) is 2.55. The number of benzene rings is 2. The first-order valence-corrected chi connectivity index (χ1v) is 9.95. The molecule has 0 fully saturated rings. The maximum Gasteiger partial charge on any atom is 0.287 e. The zero-order chi connectivity index (χ0) is 19.9. The molecule has 0 spiro atoms. The zero-order valence-corrected chi connectivity index (χ0v) is 16.0. The lowest BCUT2D eigenvalue weighted by atomic mass is 10.2. The van der Waals surface area contributed by atoms with Crippen molar-refractivity contribution in [2.24, 2.45) is 0 Å². The Morgan fingerprint density at radius 2 is 1.89 bits per heavy atom. The van der Waals surface area contributed by atoms with Crippen LogP contribution in [0.3, 0.4) is 0 Å². The van der Waals surface area contributed by atoms with E-state index >= 15 is 0 Å². The van der Waals surface area contributed by atoms with Crippen LogP contribution in [0.1, 0.15) is 20.9 Å². The van der Waals surface area contributed by atoms with E-state index in [0.29, 0.717) is 22.6 Å². The molecule has 146 valence electrons. The van der Waals surface area contributed by atoms with E-state index in [2.05, 4.69) is 5.32 Å². The van der Waals surface area contributed by atoms with E-state index in [-0.39, 0.29) is 24.3 Å². The van der Waals surface area contributed by atoms with Crippen molar-refractivity contribution < 1.29 is 24.0 Å². The van der Waals surface area contributed by atoms with E-state index in [4.69, 9.17) is 14.4 Å². The molecule has 0 radical (unpaired) electrons. The van der Waals surface area contributed by atoms with Crippen LogP contribution in [0.5, 0.6) is 5.75 Å². The number of hydroxylamine groups is 1. The number of ether oxygens (including phenoxy) is 1. The Bertz CT molecular complexity index is 922. The molecule has 2 aromatic carbocycles. The Hall–Kier alpha value is -2.97. The molecule has 2 amide bonds. The molecule has 3 N–H and O–H groups in total. The number of para-hydroxylation sites is 1. The van der Waals surface area contributed by atoms with Gasteiger partial charge in [0.2, 0.25) is 0 Å². The van der Waals surface area contributed by atoms with Gasteiger partial charge in [0, 0.05) is 16.7 Å². The van der Waals surface area contributed by atoms with Gasteiger partial charge in [-0.2, -0.15) is 11.8 Å². The summed E-state index contributed by atoms with van der Waals surface area (Å²) in [6.45, 7) is 0.262. The zero-order valence-electron chi connectivity index (χ0n) is 15.2. The highest BCUT2D eigenvalue weighted by atomic mass is 32.2. The highest BCUT2D eigenvalue weighted by Crippen LogP contribution is 2.19. The van der Waals surface area contributed by atoms with Gasteiger partial charge in [0.05, 0.1) is 6.04 Å². The van der Waals surface area contributed by atoms with Crippen molar-refractivity contribution in [1.29, 1.82) is 0 Å². The SMILES string of the molecule is CSCC(COc1ccc(C(=O)NO)cc1)NC(=O)c1cc2ccccc2o1. The molecule has 0 bridgehead atoms. The molecule has 0 aliphatic heterocycles. The van der Waals surface area contributed by atoms with Crippen LogP contribution in [0.4, 0.5) is 0 Å². The number of thioether (sulfide) groups is 1. The predicted octanol–water partition coefficient (Wildman–Crippen LogP) is 3.09. The van der Waals surface area contributed by atoms with Crippen LogP contribution in [0.15, 0.2) is 59.0 Å². The standard InChI is InChI=1S/C20H20N2O5S/c1-28-12-15(11-26-16-8-6-13(7-9-16)19(23)22-25)21-20(24)18-10-14-4-2-3-5-17(14)27-18/h2-10,15,25H,11-12H2,1H3,(H,21,24)(H,22,23). The molecule has 0 saturated heterocycles. The number of hydrogen-bond donors (Lipinski definition) is 3. The minimum atomic E-state index is -0.593. The molecule has 0 aliphatic rings. The van der Waals surface area contributed by atoms with Crippen LogP contribution >= 0.6 is 11.8 Å². The number of nitrogens with one attached hydrogen (secondary N) is 2. The Balaban J connectivity index is 1.61. The number of carbonyl (C=O) groups is 2. The molecular formula is C20H20N2O5S. The molecule has 1 atom stereocenters. The first-order chi connectivity index (χ1) is 13.6. The van der Waals surface area contributed by atoms with E-state index in [1.807, 2.05) is 30.5 Å². The maximum atomic E-state index is 12.5. The average molecular weight is 400 g/mol. The normalized spacial score (nSPS) is 11.8. The number of hydrogen-bond acceptors (Lipinski definition) is 6. The van der Waals surface area contributed by atoms with Gasteiger partial charge >= 0.3 is 0 Å². The van der Waals surface area contributed by atoms with Crippen molar-refractivity contribution in [3.63, 3.8) is 0 Å². The van der Waals surface area contributed by atoms with Gasteiger partial charge in [-0.1, -0.05) is 18.2 Å². The van der Waals surface area contributed by atoms with Crippen molar-refractivity contribution >= 4 is 34.5 Å². The molecule has 7 nitrogen and oxygen atoms in total. The van der Waals surface area contributed by atoms with Crippen molar-refractivity contribution in [2.75, 3.05) is 18.6 Å². The second-order valence-electron chi connectivity index (χ2n) is 6.05. The fourth-order valence-electron chi connectivity index (χ4n) is 2.65. The highest BCUT2D eigenvalue weighted by molar-refractivity contribution is 7.98. The number of fused-ring (bicyclic) bond motifs is 1. The van der Waals surface area contributed by atoms with Crippen LogP contribution < -0.4 is 15.5 Å². The monoisotopic (exact) mass is 400 g/mol. The quantitative estimate of drug-likeness (QED) is 0.397. The summed E-state index contributed by atoms with van der Waals surface area (Å²) in [5, 5.41) is 12.4. The fraction of sp³-hybridized carbons (Fsp3) is 0.200. The summed E-state index contributed by atoms with van der Waals surface area (Å²) in [6.07, 6.45) is 1.95. The highest BCUT2D eigenvalue weighted by Gasteiger charge is 2.18. The van der Waals surface area contributed by atoms with Crippen molar-refractivity contribution in [1.82, 2.24) is 10.8 Å². The Morgan fingerprint density at radius 1 is 1.14 bits per heavy atom. The van der Waals surface area contributed by atoms with Crippen LogP contribution in [0.2, 0.25) is 0 Å². The Kier molecular flexibility index (Phi) is 6.57. The van der Waals surface area contributed by atoms with E-state index in [1.54, 1.807) is 35.4 Å². The molecule has 3 rings (SSSR count). The number of rotatable bonds is 8. The molecule has 1 heterocycles. The molecule has 3 aromatic rings. The minimum Gasteiger partial charge on any atom is -0.491 e. The van der Waals surface area contributed by atoms with Crippen molar-refractivity contribution in [3.05, 3.63) is 65.9 Å². The van der Waals surface area contributed by atoms with E-state index in [1.165, 1.54) is 12.1 Å². The average Bonchev–Trinajstić information content (AvgIpc) is 3.16.